The summed E-state index contributed by atoms with van der Waals surface area (Å²) in [5, 5.41) is 3.11. The topological polar surface area (TPSA) is 84.7 Å². The van der Waals surface area contributed by atoms with Crippen molar-refractivity contribution in [2.45, 2.75) is 13.0 Å². The molecule has 84 valence electrons. The lowest BCUT2D eigenvalue weighted by atomic mass is 10.3. The van der Waals surface area contributed by atoms with E-state index in [4.69, 9.17) is 0 Å². The first kappa shape index (κ1) is 9.20. The van der Waals surface area contributed by atoms with Crippen LogP contribution in [0.25, 0.3) is 11.2 Å². The van der Waals surface area contributed by atoms with E-state index in [1.54, 1.807) is 7.05 Å². The molecule has 0 unspecified atom stereocenters. The lowest BCUT2D eigenvalue weighted by Gasteiger charge is -2.15. The van der Waals surface area contributed by atoms with Crippen LogP contribution in [0.4, 0.5) is 5.95 Å². The van der Waals surface area contributed by atoms with Gasteiger partial charge in [0, 0.05) is 20.1 Å². The van der Waals surface area contributed by atoms with Gasteiger partial charge in [0.2, 0.25) is 5.95 Å². The van der Waals surface area contributed by atoms with E-state index in [0.717, 1.165) is 19.5 Å². The quantitative estimate of drug-likeness (QED) is 0.612. The van der Waals surface area contributed by atoms with E-state index in [1.165, 1.54) is 4.57 Å². The van der Waals surface area contributed by atoms with Crippen molar-refractivity contribution in [2.24, 2.45) is 7.05 Å². The summed E-state index contributed by atoms with van der Waals surface area (Å²) < 4.78 is 3.17. The highest BCUT2D eigenvalue weighted by atomic mass is 16.2. The first-order valence-corrected chi connectivity index (χ1v) is 5.12. The van der Waals surface area contributed by atoms with Gasteiger partial charge in [0.1, 0.15) is 0 Å². The Labute approximate surface area is 89.7 Å². The van der Waals surface area contributed by atoms with Gasteiger partial charge in [-0.05, 0) is 6.42 Å². The Kier molecular flexibility index (Phi) is 1.71. The van der Waals surface area contributed by atoms with Gasteiger partial charge in [0.05, 0.1) is 0 Å². The molecule has 0 fully saturated rings. The smallest absolute Gasteiger partial charge is 0.329 e. The Morgan fingerprint density at radius 1 is 1.38 bits per heavy atom. The van der Waals surface area contributed by atoms with Crippen LogP contribution in [-0.2, 0) is 13.6 Å². The minimum atomic E-state index is -0.437. The Morgan fingerprint density at radius 2 is 2.19 bits per heavy atom. The zero-order chi connectivity index (χ0) is 11.3. The number of H-pyrrole nitrogens is 1. The molecule has 1 aliphatic heterocycles. The Morgan fingerprint density at radius 3 is 3.00 bits per heavy atom. The van der Waals surface area contributed by atoms with Crippen molar-refractivity contribution in [3.05, 3.63) is 20.8 Å². The summed E-state index contributed by atoms with van der Waals surface area (Å²) in [4.78, 5) is 29.7. The monoisotopic (exact) mass is 221 g/mol. The van der Waals surface area contributed by atoms with Gasteiger partial charge in [-0.1, -0.05) is 0 Å². The molecular weight excluding hydrogens is 210 g/mol. The lowest BCUT2D eigenvalue weighted by Crippen LogP contribution is -2.29. The Balaban J connectivity index is 2.52. The van der Waals surface area contributed by atoms with E-state index in [0.29, 0.717) is 17.1 Å². The molecule has 3 rings (SSSR count). The SMILES string of the molecule is Cn1c(=O)[nH]c(=O)c2c1nc1n2CCCN1. The number of aromatic nitrogens is 4. The zero-order valence-electron chi connectivity index (χ0n) is 8.78. The van der Waals surface area contributed by atoms with Crippen LogP contribution in [0.15, 0.2) is 9.59 Å². The number of fused-ring (bicyclic) bond motifs is 3. The molecule has 3 heterocycles. The molecule has 0 aromatic carbocycles. The van der Waals surface area contributed by atoms with Gasteiger partial charge in [0.25, 0.3) is 5.56 Å². The molecule has 2 aromatic heterocycles. The van der Waals surface area contributed by atoms with Crippen molar-refractivity contribution >= 4 is 17.1 Å². The standard InChI is InChI=1S/C9H11N5O2/c1-13-6-5(7(15)12-9(13)16)14-4-2-3-10-8(14)11-6/h2-4H2,1H3,(H,10,11)(H,12,15,16). The average Bonchev–Trinajstić information content (AvgIpc) is 2.65. The minimum Gasteiger partial charge on any atom is -0.356 e. The molecule has 0 saturated carbocycles. The number of aromatic amines is 1. The van der Waals surface area contributed by atoms with Crippen LogP contribution in [-0.4, -0.2) is 25.6 Å². The summed E-state index contributed by atoms with van der Waals surface area (Å²) in [5.74, 6) is 0.660. The maximum Gasteiger partial charge on any atom is 0.329 e. The molecule has 0 saturated heterocycles. The zero-order valence-corrected chi connectivity index (χ0v) is 8.78. The summed E-state index contributed by atoms with van der Waals surface area (Å²) >= 11 is 0. The third-order valence-electron chi connectivity index (χ3n) is 2.85. The van der Waals surface area contributed by atoms with Crippen molar-refractivity contribution in [1.29, 1.82) is 0 Å². The fourth-order valence-corrected chi connectivity index (χ4v) is 2.02. The van der Waals surface area contributed by atoms with Gasteiger partial charge in [-0.15, -0.1) is 0 Å². The van der Waals surface area contributed by atoms with E-state index in [1.807, 2.05) is 4.57 Å². The fourth-order valence-electron chi connectivity index (χ4n) is 2.02. The van der Waals surface area contributed by atoms with E-state index in [2.05, 4.69) is 15.3 Å². The molecule has 0 spiro atoms. The number of hydrogen-bond acceptors (Lipinski definition) is 4. The predicted molar refractivity (Wildman–Crippen MR) is 58.7 cm³/mol. The van der Waals surface area contributed by atoms with Crippen LogP contribution in [0.2, 0.25) is 0 Å². The third-order valence-corrected chi connectivity index (χ3v) is 2.85. The van der Waals surface area contributed by atoms with Crippen LogP contribution >= 0.6 is 0 Å². The van der Waals surface area contributed by atoms with Crippen LogP contribution in [0, 0.1) is 0 Å². The third kappa shape index (κ3) is 1.05. The molecule has 0 amide bonds. The van der Waals surface area contributed by atoms with Crippen molar-refractivity contribution in [2.75, 3.05) is 11.9 Å². The molecule has 2 aromatic rings. The molecule has 0 aliphatic carbocycles. The van der Waals surface area contributed by atoms with Gasteiger partial charge in [-0.25, -0.2) is 4.79 Å². The van der Waals surface area contributed by atoms with E-state index in [9.17, 15) is 9.59 Å². The largest absolute Gasteiger partial charge is 0.356 e. The summed E-state index contributed by atoms with van der Waals surface area (Å²) in [6.07, 6.45) is 0.945. The van der Waals surface area contributed by atoms with E-state index in [-0.39, 0.29) is 5.56 Å². The molecule has 0 bridgehead atoms. The predicted octanol–water partition coefficient (Wildman–Crippen LogP) is -0.761. The second-order valence-corrected chi connectivity index (χ2v) is 3.86. The maximum absolute atomic E-state index is 11.7. The second-order valence-electron chi connectivity index (χ2n) is 3.86. The maximum atomic E-state index is 11.7. The van der Waals surface area contributed by atoms with Crippen LogP contribution in [0.1, 0.15) is 6.42 Å². The summed E-state index contributed by atoms with van der Waals surface area (Å²) in [6.45, 7) is 1.59. The van der Waals surface area contributed by atoms with Gasteiger partial charge in [-0.2, -0.15) is 4.98 Å². The molecular formula is C9H11N5O2. The number of imidazole rings is 1. The van der Waals surface area contributed by atoms with Crippen molar-refractivity contribution in [3.8, 4) is 0 Å². The lowest BCUT2D eigenvalue weighted by molar-refractivity contribution is 0.640. The summed E-state index contributed by atoms with van der Waals surface area (Å²) in [7, 11) is 1.60. The van der Waals surface area contributed by atoms with Crippen molar-refractivity contribution in [1.82, 2.24) is 19.1 Å². The number of rotatable bonds is 0. The molecule has 2 N–H and O–H groups in total. The van der Waals surface area contributed by atoms with Crippen LogP contribution in [0.3, 0.4) is 0 Å². The number of hydrogen-bond donors (Lipinski definition) is 2. The number of nitrogens with zero attached hydrogens (tertiary/aromatic N) is 3. The molecule has 7 nitrogen and oxygen atoms in total. The fraction of sp³-hybridized carbons (Fsp3) is 0.444. The summed E-state index contributed by atoms with van der Waals surface area (Å²) in [6, 6.07) is 0. The highest BCUT2D eigenvalue weighted by Gasteiger charge is 2.18. The van der Waals surface area contributed by atoms with E-state index >= 15 is 0 Å². The Bertz CT molecular complexity index is 677. The highest BCUT2D eigenvalue weighted by Crippen LogP contribution is 2.18. The van der Waals surface area contributed by atoms with Gasteiger partial charge < -0.3 is 9.88 Å². The second kappa shape index (κ2) is 2.97. The molecule has 0 atom stereocenters. The first-order chi connectivity index (χ1) is 7.68. The molecule has 1 aliphatic rings. The Hall–Kier alpha value is -2.05. The number of anilines is 1. The van der Waals surface area contributed by atoms with Gasteiger partial charge >= 0.3 is 5.69 Å². The van der Waals surface area contributed by atoms with E-state index < -0.39 is 5.69 Å². The first-order valence-electron chi connectivity index (χ1n) is 5.12. The van der Waals surface area contributed by atoms with Gasteiger partial charge in [0.15, 0.2) is 11.2 Å². The van der Waals surface area contributed by atoms with Gasteiger partial charge in [-0.3, -0.25) is 14.3 Å². The van der Waals surface area contributed by atoms with Crippen molar-refractivity contribution < 1.29 is 0 Å². The molecule has 16 heavy (non-hydrogen) atoms. The number of nitrogens with one attached hydrogen (secondary N) is 2. The van der Waals surface area contributed by atoms with Crippen LogP contribution < -0.4 is 16.6 Å². The molecule has 7 heteroatoms. The van der Waals surface area contributed by atoms with Crippen molar-refractivity contribution in [3.63, 3.8) is 0 Å². The highest BCUT2D eigenvalue weighted by molar-refractivity contribution is 5.74. The normalized spacial score (nSPS) is 14.8. The molecule has 0 radical (unpaired) electrons. The number of aryl methyl sites for hydroxylation is 2. The summed E-state index contributed by atoms with van der Waals surface area (Å²) in [5.41, 5.74) is 0.0796. The average molecular weight is 221 g/mol. The van der Waals surface area contributed by atoms with Crippen LogP contribution in [0.5, 0.6) is 0 Å². The minimum absolute atomic E-state index is 0.374.